The molecule has 1 N–H and O–H groups in total. The molecule has 2 amide bonds. The van der Waals surface area contributed by atoms with Crippen molar-refractivity contribution in [1.29, 1.82) is 0 Å². The number of amides is 2. The summed E-state index contributed by atoms with van der Waals surface area (Å²) in [5.74, 6) is 0.417. The fraction of sp³-hybridized carbons (Fsp3) is 0.414. The largest absolute Gasteiger partial charge is 0.492 e. The first-order valence-corrected chi connectivity index (χ1v) is 13.3. The molecular weight excluding hydrogens is 544 g/mol. The van der Waals surface area contributed by atoms with Crippen molar-refractivity contribution >= 4 is 29.9 Å². The average molecular weight is 579 g/mol. The lowest BCUT2D eigenvalue weighted by Crippen LogP contribution is -2.44. The molecule has 4 heterocycles. The smallest absolute Gasteiger partial charge is 0.427 e. The second kappa shape index (κ2) is 12.0. The fourth-order valence-corrected chi connectivity index (χ4v) is 3.95. The van der Waals surface area contributed by atoms with E-state index < -0.39 is 29.4 Å². The van der Waals surface area contributed by atoms with E-state index in [1.165, 1.54) is 13.3 Å². The van der Waals surface area contributed by atoms with Gasteiger partial charge in [-0.05, 0) is 59.7 Å². The number of carbonyl (C=O) groups is 3. The van der Waals surface area contributed by atoms with Crippen molar-refractivity contribution in [2.24, 2.45) is 0 Å². The summed E-state index contributed by atoms with van der Waals surface area (Å²) in [6.07, 6.45) is 1.65. The molecule has 0 unspecified atom stereocenters. The Bertz CT molecular complexity index is 1470. The monoisotopic (exact) mass is 578 g/mol. The molecule has 0 aromatic carbocycles. The zero-order valence-corrected chi connectivity index (χ0v) is 24.7. The summed E-state index contributed by atoms with van der Waals surface area (Å²) in [7, 11) is 1.30. The van der Waals surface area contributed by atoms with Crippen molar-refractivity contribution in [1.82, 2.24) is 19.9 Å². The average Bonchev–Trinajstić information content (AvgIpc) is 3.40. The molecule has 3 aromatic heterocycles. The number of nitrogens with one attached hydrogen (secondary N) is 1. The molecule has 1 aliphatic heterocycles. The quantitative estimate of drug-likeness (QED) is 0.311. The van der Waals surface area contributed by atoms with Gasteiger partial charge in [-0.25, -0.2) is 34.3 Å². The summed E-state index contributed by atoms with van der Waals surface area (Å²) in [6, 6.07) is 6.72. The van der Waals surface area contributed by atoms with Gasteiger partial charge >= 0.3 is 18.2 Å². The number of ether oxygens (including phenoxy) is 4. The third-order valence-electron chi connectivity index (χ3n) is 5.63. The minimum absolute atomic E-state index is 0.208. The molecule has 0 fully saturated rings. The van der Waals surface area contributed by atoms with E-state index in [0.717, 1.165) is 5.56 Å². The lowest BCUT2D eigenvalue weighted by atomic mass is 10.1. The fourth-order valence-electron chi connectivity index (χ4n) is 3.95. The van der Waals surface area contributed by atoms with Crippen LogP contribution in [0.2, 0.25) is 0 Å². The number of pyridine rings is 2. The maximum atomic E-state index is 13.1. The van der Waals surface area contributed by atoms with E-state index in [2.05, 4.69) is 25.3 Å². The van der Waals surface area contributed by atoms with Crippen molar-refractivity contribution in [2.45, 2.75) is 65.7 Å². The molecule has 0 spiro atoms. The van der Waals surface area contributed by atoms with Gasteiger partial charge in [0.25, 0.3) is 0 Å². The predicted octanol–water partition coefficient (Wildman–Crippen LogP) is 4.94. The third kappa shape index (κ3) is 7.28. The summed E-state index contributed by atoms with van der Waals surface area (Å²) in [5, 5.41) is 3.26. The Balaban J connectivity index is 1.64. The Morgan fingerprint density at radius 1 is 0.976 bits per heavy atom. The summed E-state index contributed by atoms with van der Waals surface area (Å²) >= 11 is 0. The van der Waals surface area contributed by atoms with Crippen LogP contribution in [0.4, 0.5) is 21.4 Å². The van der Waals surface area contributed by atoms with Crippen LogP contribution in [0.3, 0.4) is 0 Å². The summed E-state index contributed by atoms with van der Waals surface area (Å²) in [5.41, 5.74) is 0.825. The molecule has 4 rings (SSSR count). The van der Waals surface area contributed by atoms with Crippen molar-refractivity contribution in [2.75, 3.05) is 23.9 Å². The number of fused-ring (bicyclic) bond motifs is 1. The second-order valence-electron chi connectivity index (χ2n) is 11.3. The molecule has 13 nitrogen and oxygen atoms in total. The van der Waals surface area contributed by atoms with E-state index in [0.29, 0.717) is 53.0 Å². The molecule has 0 radical (unpaired) electrons. The number of esters is 1. The molecule has 42 heavy (non-hydrogen) atoms. The van der Waals surface area contributed by atoms with Crippen LogP contribution in [0.25, 0.3) is 11.3 Å². The van der Waals surface area contributed by atoms with Crippen molar-refractivity contribution in [3.8, 4) is 17.0 Å². The van der Waals surface area contributed by atoms with E-state index in [1.54, 1.807) is 72.0 Å². The van der Waals surface area contributed by atoms with Crippen molar-refractivity contribution in [3.05, 3.63) is 53.6 Å². The Morgan fingerprint density at radius 3 is 2.31 bits per heavy atom. The summed E-state index contributed by atoms with van der Waals surface area (Å²) in [4.78, 5) is 56.2. The zero-order chi connectivity index (χ0) is 30.7. The van der Waals surface area contributed by atoms with E-state index in [9.17, 15) is 14.4 Å². The molecule has 0 bridgehead atoms. The van der Waals surface area contributed by atoms with Crippen LogP contribution in [0.15, 0.2) is 36.7 Å². The lowest BCUT2D eigenvalue weighted by molar-refractivity contribution is 0.0426. The van der Waals surface area contributed by atoms with Crippen LogP contribution in [-0.4, -0.2) is 63.0 Å². The Kier molecular flexibility index (Phi) is 8.59. The molecule has 13 heteroatoms. The third-order valence-corrected chi connectivity index (χ3v) is 5.63. The van der Waals surface area contributed by atoms with Gasteiger partial charge < -0.3 is 24.3 Å². The maximum Gasteiger partial charge on any atom is 0.427 e. The standard InChI is InChI=1S/C29H34N6O7/c1-28(2,3)41-26(37)35(27(38)42-29(4,5)6)25-30-13-11-20(34-25)19-16-32-23(18-12-14-40-22(18)19)31-15-17-9-8-10-21(33-17)24(36)39-7/h8-11,13,16H,12,14-15H2,1-7H3,(H,31,32). The molecule has 0 atom stereocenters. The predicted molar refractivity (Wildman–Crippen MR) is 152 cm³/mol. The topological polar surface area (TPSA) is 155 Å². The van der Waals surface area contributed by atoms with Gasteiger partial charge in [0, 0.05) is 24.4 Å². The van der Waals surface area contributed by atoms with Crippen molar-refractivity contribution < 1.29 is 33.3 Å². The number of methoxy groups -OCH3 is 1. The van der Waals surface area contributed by atoms with Crippen LogP contribution in [-0.2, 0) is 27.2 Å². The van der Waals surface area contributed by atoms with Crippen LogP contribution in [0.1, 0.15) is 63.3 Å². The number of hydrogen-bond acceptors (Lipinski definition) is 12. The highest BCUT2D eigenvalue weighted by Crippen LogP contribution is 2.39. The number of nitrogens with zero attached hydrogens (tertiary/aromatic N) is 5. The Morgan fingerprint density at radius 2 is 1.67 bits per heavy atom. The van der Waals surface area contributed by atoms with E-state index in [1.807, 2.05) is 0 Å². The number of imide groups is 1. The molecule has 0 saturated heterocycles. The van der Waals surface area contributed by atoms with Gasteiger partial charge in [0.15, 0.2) is 0 Å². The summed E-state index contributed by atoms with van der Waals surface area (Å²) in [6.45, 7) is 10.8. The first-order chi connectivity index (χ1) is 19.8. The molecule has 0 saturated carbocycles. The zero-order valence-electron chi connectivity index (χ0n) is 24.7. The minimum atomic E-state index is -0.974. The van der Waals surface area contributed by atoms with Gasteiger partial charge in [-0.1, -0.05) is 6.07 Å². The number of anilines is 2. The molecule has 1 aliphatic rings. The first-order valence-electron chi connectivity index (χ1n) is 13.3. The van der Waals surface area contributed by atoms with Crippen LogP contribution >= 0.6 is 0 Å². The van der Waals surface area contributed by atoms with Gasteiger partial charge in [-0.3, -0.25) is 0 Å². The maximum absolute atomic E-state index is 13.1. The number of aromatic nitrogens is 4. The van der Waals surface area contributed by atoms with Gasteiger partial charge in [0.05, 0.1) is 37.2 Å². The minimum Gasteiger partial charge on any atom is -0.492 e. The van der Waals surface area contributed by atoms with E-state index in [4.69, 9.17) is 18.9 Å². The van der Waals surface area contributed by atoms with Gasteiger partial charge in [0.1, 0.15) is 28.5 Å². The molecular formula is C29H34N6O7. The molecule has 3 aromatic rings. The van der Waals surface area contributed by atoms with Gasteiger partial charge in [-0.2, -0.15) is 0 Å². The summed E-state index contributed by atoms with van der Waals surface area (Å²) < 4.78 is 21.6. The highest BCUT2D eigenvalue weighted by molar-refractivity contribution is 6.08. The van der Waals surface area contributed by atoms with Crippen LogP contribution in [0, 0.1) is 0 Å². The molecule has 222 valence electrons. The number of carbonyl (C=O) groups excluding carboxylic acids is 3. The number of hydrogen-bond donors (Lipinski definition) is 1. The Hall–Kier alpha value is -4.81. The molecule has 0 aliphatic carbocycles. The van der Waals surface area contributed by atoms with Gasteiger partial charge in [0.2, 0.25) is 5.95 Å². The second-order valence-corrected chi connectivity index (χ2v) is 11.3. The highest BCUT2D eigenvalue weighted by atomic mass is 16.6. The SMILES string of the molecule is COC(=O)c1cccc(CNc2ncc(-c3ccnc(N(C(=O)OC(C)(C)C)C(=O)OC(C)(C)C)n3)c3c2CCO3)n1. The van der Waals surface area contributed by atoms with Gasteiger partial charge in [-0.15, -0.1) is 4.90 Å². The van der Waals surface area contributed by atoms with E-state index >= 15 is 0 Å². The van der Waals surface area contributed by atoms with E-state index in [-0.39, 0.29) is 11.6 Å². The van der Waals surface area contributed by atoms with Crippen LogP contribution < -0.4 is 15.0 Å². The van der Waals surface area contributed by atoms with Crippen LogP contribution in [0.5, 0.6) is 5.75 Å². The number of rotatable bonds is 6. The normalized spacial score (nSPS) is 12.5. The van der Waals surface area contributed by atoms with Crippen molar-refractivity contribution in [3.63, 3.8) is 0 Å². The lowest BCUT2D eigenvalue weighted by Gasteiger charge is -2.27. The first kappa shape index (κ1) is 30.2. The highest BCUT2D eigenvalue weighted by Gasteiger charge is 2.35. The Labute approximate surface area is 243 Å².